The van der Waals surface area contributed by atoms with Crippen molar-refractivity contribution in [1.82, 2.24) is 10.3 Å². The summed E-state index contributed by atoms with van der Waals surface area (Å²) in [6.45, 7) is 4.81. The van der Waals surface area contributed by atoms with Gasteiger partial charge in [-0.3, -0.25) is 0 Å². The van der Waals surface area contributed by atoms with E-state index in [2.05, 4.69) is 17.2 Å². The molecule has 2 aromatic rings. The molecule has 1 unspecified atom stereocenters. The van der Waals surface area contributed by atoms with Gasteiger partial charge in [-0.05, 0) is 36.6 Å². The first kappa shape index (κ1) is 13.2. The third kappa shape index (κ3) is 3.15. The van der Waals surface area contributed by atoms with Gasteiger partial charge in [-0.1, -0.05) is 13.0 Å². The van der Waals surface area contributed by atoms with E-state index in [1.807, 2.05) is 24.6 Å². The lowest BCUT2D eigenvalue weighted by atomic mass is 10.1. The SMILES string of the molecule is CCC(NCc1ccc(F)cc1C)c1nccs1. The first-order valence-corrected chi connectivity index (χ1v) is 6.96. The fourth-order valence-electron chi connectivity index (χ4n) is 1.90. The number of aromatic nitrogens is 1. The predicted octanol–water partition coefficient (Wildman–Crippen LogP) is 3.83. The highest BCUT2D eigenvalue weighted by Crippen LogP contribution is 2.20. The van der Waals surface area contributed by atoms with Crippen LogP contribution in [0.4, 0.5) is 4.39 Å². The molecule has 1 N–H and O–H groups in total. The zero-order valence-electron chi connectivity index (χ0n) is 10.6. The van der Waals surface area contributed by atoms with Gasteiger partial charge in [0.15, 0.2) is 0 Å². The van der Waals surface area contributed by atoms with E-state index in [1.54, 1.807) is 17.4 Å². The maximum absolute atomic E-state index is 13.0. The second kappa shape index (κ2) is 6.07. The number of nitrogens with zero attached hydrogens (tertiary/aromatic N) is 1. The lowest BCUT2D eigenvalue weighted by Crippen LogP contribution is -2.20. The molecule has 0 saturated heterocycles. The van der Waals surface area contributed by atoms with Crippen molar-refractivity contribution in [2.24, 2.45) is 0 Å². The molecule has 0 aliphatic heterocycles. The Morgan fingerprint density at radius 1 is 1.44 bits per heavy atom. The normalized spacial score (nSPS) is 12.6. The molecule has 96 valence electrons. The average molecular weight is 264 g/mol. The quantitative estimate of drug-likeness (QED) is 0.887. The van der Waals surface area contributed by atoms with Crippen LogP contribution >= 0.6 is 11.3 Å². The van der Waals surface area contributed by atoms with Gasteiger partial charge in [-0.25, -0.2) is 9.37 Å². The standard InChI is InChI=1S/C14H17FN2S/c1-3-13(14-16-6-7-18-14)17-9-11-4-5-12(15)8-10(11)2/h4-8,13,17H,3,9H2,1-2H3. The molecule has 0 aliphatic carbocycles. The largest absolute Gasteiger partial charge is 0.304 e. The Labute approximate surface area is 111 Å². The predicted molar refractivity (Wildman–Crippen MR) is 73.1 cm³/mol. The highest BCUT2D eigenvalue weighted by atomic mass is 32.1. The van der Waals surface area contributed by atoms with Crippen molar-refractivity contribution < 1.29 is 4.39 Å². The smallest absolute Gasteiger partial charge is 0.123 e. The fourth-order valence-corrected chi connectivity index (χ4v) is 2.70. The van der Waals surface area contributed by atoms with E-state index in [4.69, 9.17) is 0 Å². The van der Waals surface area contributed by atoms with Crippen molar-refractivity contribution in [3.63, 3.8) is 0 Å². The van der Waals surface area contributed by atoms with Crippen molar-refractivity contribution in [2.75, 3.05) is 0 Å². The van der Waals surface area contributed by atoms with E-state index >= 15 is 0 Å². The average Bonchev–Trinajstić information content (AvgIpc) is 2.86. The Morgan fingerprint density at radius 3 is 2.89 bits per heavy atom. The molecule has 0 bridgehead atoms. The molecular weight excluding hydrogens is 247 g/mol. The molecule has 0 aliphatic rings. The maximum Gasteiger partial charge on any atom is 0.123 e. The molecule has 0 radical (unpaired) electrons. The number of rotatable bonds is 5. The van der Waals surface area contributed by atoms with E-state index in [-0.39, 0.29) is 11.9 Å². The fraction of sp³-hybridized carbons (Fsp3) is 0.357. The van der Waals surface area contributed by atoms with Crippen molar-refractivity contribution in [1.29, 1.82) is 0 Å². The molecule has 1 aromatic heterocycles. The van der Waals surface area contributed by atoms with Crippen LogP contribution in [0, 0.1) is 12.7 Å². The highest BCUT2D eigenvalue weighted by Gasteiger charge is 2.11. The highest BCUT2D eigenvalue weighted by molar-refractivity contribution is 7.09. The van der Waals surface area contributed by atoms with Gasteiger partial charge >= 0.3 is 0 Å². The van der Waals surface area contributed by atoms with Crippen molar-refractivity contribution in [3.05, 3.63) is 51.7 Å². The molecule has 0 fully saturated rings. The van der Waals surface area contributed by atoms with E-state index in [1.165, 1.54) is 6.07 Å². The van der Waals surface area contributed by atoms with Gasteiger partial charge < -0.3 is 5.32 Å². The van der Waals surface area contributed by atoms with Crippen LogP contribution in [0.3, 0.4) is 0 Å². The summed E-state index contributed by atoms with van der Waals surface area (Å²) in [7, 11) is 0. The molecule has 2 nitrogen and oxygen atoms in total. The van der Waals surface area contributed by atoms with Crippen LogP contribution in [0.1, 0.15) is 35.5 Å². The molecule has 18 heavy (non-hydrogen) atoms. The minimum atomic E-state index is -0.178. The number of aryl methyl sites for hydroxylation is 1. The summed E-state index contributed by atoms with van der Waals surface area (Å²) in [6, 6.07) is 5.19. The minimum absolute atomic E-state index is 0.178. The van der Waals surface area contributed by atoms with Gasteiger partial charge in [0.1, 0.15) is 10.8 Å². The van der Waals surface area contributed by atoms with Crippen LogP contribution in [0.2, 0.25) is 0 Å². The Bertz CT molecular complexity index is 497. The zero-order chi connectivity index (χ0) is 13.0. The number of hydrogen-bond acceptors (Lipinski definition) is 3. The summed E-state index contributed by atoms with van der Waals surface area (Å²) in [5, 5.41) is 6.57. The lowest BCUT2D eigenvalue weighted by Gasteiger charge is -2.15. The molecule has 1 heterocycles. The molecular formula is C14H17FN2S. The summed E-state index contributed by atoms with van der Waals surface area (Å²) in [4.78, 5) is 4.33. The Kier molecular flexibility index (Phi) is 4.44. The maximum atomic E-state index is 13.0. The van der Waals surface area contributed by atoms with Gasteiger partial charge in [-0.15, -0.1) is 11.3 Å². The Balaban J connectivity index is 2.02. The van der Waals surface area contributed by atoms with Gasteiger partial charge in [0, 0.05) is 18.1 Å². The van der Waals surface area contributed by atoms with Crippen molar-refractivity contribution in [2.45, 2.75) is 32.9 Å². The van der Waals surface area contributed by atoms with Crippen LogP contribution in [-0.4, -0.2) is 4.98 Å². The topological polar surface area (TPSA) is 24.9 Å². The number of benzene rings is 1. The van der Waals surface area contributed by atoms with Crippen LogP contribution in [0.5, 0.6) is 0 Å². The van der Waals surface area contributed by atoms with Gasteiger partial charge in [0.05, 0.1) is 6.04 Å². The van der Waals surface area contributed by atoms with Crippen LogP contribution in [0.25, 0.3) is 0 Å². The summed E-state index contributed by atoms with van der Waals surface area (Å²) in [6.07, 6.45) is 2.82. The Morgan fingerprint density at radius 2 is 2.28 bits per heavy atom. The number of halogens is 1. The van der Waals surface area contributed by atoms with E-state index in [9.17, 15) is 4.39 Å². The first-order chi connectivity index (χ1) is 8.70. The molecule has 0 amide bonds. The molecule has 1 aromatic carbocycles. The molecule has 1 atom stereocenters. The van der Waals surface area contributed by atoms with Gasteiger partial charge in [0.2, 0.25) is 0 Å². The van der Waals surface area contributed by atoms with Crippen molar-refractivity contribution in [3.8, 4) is 0 Å². The number of hydrogen-bond donors (Lipinski definition) is 1. The third-order valence-corrected chi connectivity index (χ3v) is 3.89. The second-order valence-electron chi connectivity index (χ2n) is 4.28. The summed E-state index contributed by atoms with van der Waals surface area (Å²) in [5.41, 5.74) is 2.11. The monoisotopic (exact) mass is 264 g/mol. The lowest BCUT2D eigenvalue weighted by molar-refractivity contribution is 0.515. The summed E-state index contributed by atoms with van der Waals surface area (Å²) in [5.74, 6) is -0.178. The molecule has 4 heteroatoms. The summed E-state index contributed by atoms with van der Waals surface area (Å²) >= 11 is 1.66. The van der Waals surface area contributed by atoms with E-state index < -0.39 is 0 Å². The van der Waals surface area contributed by atoms with E-state index in [0.29, 0.717) is 0 Å². The second-order valence-corrected chi connectivity index (χ2v) is 5.21. The minimum Gasteiger partial charge on any atom is -0.304 e. The van der Waals surface area contributed by atoms with Crippen LogP contribution in [0.15, 0.2) is 29.8 Å². The number of thiazole rings is 1. The van der Waals surface area contributed by atoms with Gasteiger partial charge in [-0.2, -0.15) is 0 Å². The Hall–Kier alpha value is -1.26. The van der Waals surface area contributed by atoms with Crippen molar-refractivity contribution >= 4 is 11.3 Å². The summed E-state index contributed by atoms with van der Waals surface area (Å²) < 4.78 is 13.0. The zero-order valence-corrected chi connectivity index (χ0v) is 11.4. The first-order valence-electron chi connectivity index (χ1n) is 6.08. The van der Waals surface area contributed by atoms with Gasteiger partial charge in [0.25, 0.3) is 0 Å². The molecule has 0 spiro atoms. The number of nitrogens with one attached hydrogen (secondary N) is 1. The third-order valence-electron chi connectivity index (χ3n) is 3.00. The van der Waals surface area contributed by atoms with E-state index in [0.717, 1.165) is 29.1 Å². The molecule has 0 saturated carbocycles. The van der Waals surface area contributed by atoms with Crippen LogP contribution in [-0.2, 0) is 6.54 Å². The van der Waals surface area contributed by atoms with Crippen LogP contribution < -0.4 is 5.32 Å². The molecule has 2 rings (SSSR count).